The standard InChI is InChI=1S/C13H14BrN3O/c1-8-5-9(2)17-13(16-8)18-12-4-3-11(14)6-10(12)7-15/h3-6H,7,15H2,1-2H3. The van der Waals surface area contributed by atoms with Crippen LogP contribution in [0.1, 0.15) is 17.0 Å². The summed E-state index contributed by atoms with van der Waals surface area (Å²) in [4.78, 5) is 8.48. The van der Waals surface area contributed by atoms with E-state index in [4.69, 9.17) is 10.5 Å². The lowest BCUT2D eigenvalue weighted by atomic mass is 10.2. The maximum absolute atomic E-state index is 5.69. The van der Waals surface area contributed by atoms with Gasteiger partial charge in [-0.2, -0.15) is 0 Å². The number of nitrogens with zero attached hydrogens (tertiary/aromatic N) is 2. The molecule has 2 N–H and O–H groups in total. The van der Waals surface area contributed by atoms with Crippen LogP contribution in [0.15, 0.2) is 28.7 Å². The molecule has 1 aromatic heterocycles. The molecule has 0 unspecified atom stereocenters. The highest BCUT2D eigenvalue weighted by Crippen LogP contribution is 2.26. The first-order chi connectivity index (χ1) is 8.58. The Balaban J connectivity index is 2.33. The van der Waals surface area contributed by atoms with E-state index in [1.54, 1.807) is 0 Å². The van der Waals surface area contributed by atoms with Crippen LogP contribution < -0.4 is 10.5 Å². The maximum Gasteiger partial charge on any atom is 0.322 e. The first-order valence-electron chi connectivity index (χ1n) is 5.57. The topological polar surface area (TPSA) is 61.0 Å². The third-order valence-corrected chi connectivity index (χ3v) is 2.90. The van der Waals surface area contributed by atoms with Crippen LogP contribution in [0.4, 0.5) is 0 Å². The summed E-state index contributed by atoms with van der Waals surface area (Å²) in [5.41, 5.74) is 8.36. The van der Waals surface area contributed by atoms with Gasteiger partial charge in [0.25, 0.3) is 0 Å². The van der Waals surface area contributed by atoms with Gasteiger partial charge in [0, 0.05) is 28.0 Å². The molecule has 0 bridgehead atoms. The zero-order valence-electron chi connectivity index (χ0n) is 10.3. The van der Waals surface area contributed by atoms with Gasteiger partial charge in [-0.05, 0) is 38.1 Å². The van der Waals surface area contributed by atoms with Crippen molar-refractivity contribution >= 4 is 15.9 Å². The van der Waals surface area contributed by atoms with Crippen LogP contribution in [0.3, 0.4) is 0 Å². The SMILES string of the molecule is Cc1cc(C)nc(Oc2ccc(Br)cc2CN)n1. The highest BCUT2D eigenvalue weighted by atomic mass is 79.9. The summed E-state index contributed by atoms with van der Waals surface area (Å²) in [6.45, 7) is 4.22. The summed E-state index contributed by atoms with van der Waals surface area (Å²) in [5.74, 6) is 0.686. The summed E-state index contributed by atoms with van der Waals surface area (Å²) in [6, 6.07) is 7.94. The van der Waals surface area contributed by atoms with E-state index in [1.165, 1.54) is 0 Å². The molecule has 1 heterocycles. The predicted molar refractivity (Wildman–Crippen MR) is 73.6 cm³/mol. The number of halogens is 1. The smallest absolute Gasteiger partial charge is 0.322 e. The number of ether oxygens (including phenoxy) is 1. The normalized spacial score (nSPS) is 10.4. The summed E-state index contributed by atoms with van der Waals surface area (Å²) in [7, 11) is 0. The Morgan fingerprint density at radius 3 is 2.44 bits per heavy atom. The largest absolute Gasteiger partial charge is 0.424 e. The molecule has 0 amide bonds. The zero-order chi connectivity index (χ0) is 13.1. The minimum Gasteiger partial charge on any atom is -0.424 e. The number of hydrogen-bond acceptors (Lipinski definition) is 4. The van der Waals surface area contributed by atoms with Crippen molar-refractivity contribution in [2.75, 3.05) is 0 Å². The lowest BCUT2D eigenvalue weighted by molar-refractivity contribution is 0.434. The lowest BCUT2D eigenvalue weighted by Gasteiger charge is -2.09. The van der Waals surface area contributed by atoms with Crippen LogP contribution in [0.5, 0.6) is 11.8 Å². The monoisotopic (exact) mass is 307 g/mol. The van der Waals surface area contributed by atoms with Crippen molar-refractivity contribution in [2.24, 2.45) is 5.73 Å². The van der Waals surface area contributed by atoms with Gasteiger partial charge in [-0.1, -0.05) is 15.9 Å². The highest BCUT2D eigenvalue weighted by Gasteiger charge is 2.07. The van der Waals surface area contributed by atoms with Crippen LogP contribution in [-0.4, -0.2) is 9.97 Å². The number of hydrogen-bond donors (Lipinski definition) is 1. The Morgan fingerprint density at radius 2 is 1.83 bits per heavy atom. The Bertz CT molecular complexity index is 552. The number of aromatic nitrogens is 2. The molecule has 0 saturated heterocycles. The van der Waals surface area contributed by atoms with Crippen molar-refractivity contribution in [3.63, 3.8) is 0 Å². The molecular formula is C13H14BrN3O. The predicted octanol–water partition coefficient (Wildman–Crippen LogP) is 3.11. The van der Waals surface area contributed by atoms with Crippen LogP contribution in [0.25, 0.3) is 0 Å². The minimum atomic E-state index is 0.351. The van der Waals surface area contributed by atoms with E-state index < -0.39 is 0 Å². The van der Waals surface area contributed by atoms with Crippen LogP contribution in [0.2, 0.25) is 0 Å². The van der Waals surface area contributed by atoms with Crippen molar-refractivity contribution in [1.29, 1.82) is 0 Å². The van der Waals surface area contributed by atoms with Gasteiger partial charge < -0.3 is 10.5 Å². The fourth-order valence-electron chi connectivity index (χ4n) is 1.64. The quantitative estimate of drug-likeness (QED) is 0.946. The molecule has 2 aromatic rings. The Labute approximate surface area is 114 Å². The second-order valence-corrected chi connectivity index (χ2v) is 4.91. The van der Waals surface area contributed by atoms with Crippen LogP contribution in [-0.2, 0) is 6.54 Å². The van der Waals surface area contributed by atoms with Crippen molar-refractivity contribution in [1.82, 2.24) is 9.97 Å². The molecule has 94 valence electrons. The van der Waals surface area contributed by atoms with Gasteiger partial charge in [-0.15, -0.1) is 0 Å². The van der Waals surface area contributed by atoms with E-state index in [1.807, 2.05) is 38.1 Å². The van der Waals surface area contributed by atoms with Gasteiger partial charge >= 0.3 is 6.01 Å². The molecule has 0 saturated carbocycles. The summed E-state index contributed by atoms with van der Waals surface area (Å²) >= 11 is 3.40. The zero-order valence-corrected chi connectivity index (χ0v) is 11.9. The van der Waals surface area contributed by atoms with Gasteiger partial charge in [-0.3, -0.25) is 0 Å². The Morgan fingerprint density at radius 1 is 1.17 bits per heavy atom. The average molecular weight is 308 g/mol. The number of aryl methyl sites for hydroxylation is 2. The van der Waals surface area contributed by atoms with Gasteiger partial charge in [0.1, 0.15) is 5.75 Å². The number of nitrogens with two attached hydrogens (primary N) is 1. The Hall–Kier alpha value is -1.46. The van der Waals surface area contributed by atoms with Crippen LogP contribution in [0, 0.1) is 13.8 Å². The van der Waals surface area contributed by atoms with Crippen molar-refractivity contribution in [3.8, 4) is 11.8 Å². The van der Waals surface area contributed by atoms with E-state index in [9.17, 15) is 0 Å². The molecule has 5 heteroatoms. The first-order valence-corrected chi connectivity index (χ1v) is 6.36. The maximum atomic E-state index is 5.69. The number of rotatable bonds is 3. The third-order valence-electron chi connectivity index (χ3n) is 2.41. The molecule has 0 radical (unpaired) electrons. The second-order valence-electron chi connectivity index (χ2n) is 3.99. The van der Waals surface area contributed by atoms with Crippen molar-refractivity contribution in [3.05, 3.63) is 45.7 Å². The van der Waals surface area contributed by atoms with E-state index in [0.717, 1.165) is 21.4 Å². The van der Waals surface area contributed by atoms with Gasteiger partial charge in [0.15, 0.2) is 0 Å². The molecule has 0 spiro atoms. The third kappa shape index (κ3) is 3.05. The molecule has 0 aliphatic rings. The van der Waals surface area contributed by atoms with E-state index in [-0.39, 0.29) is 0 Å². The molecule has 0 aliphatic heterocycles. The molecule has 0 atom stereocenters. The summed E-state index contributed by atoms with van der Waals surface area (Å²) in [6.07, 6.45) is 0. The minimum absolute atomic E-state index is 0.351. The summed E-state index contributed by atoms with van der Waals surface area (Å²) in [5, 5.41) is 0. The fraction of sp³-hybridized carbons (Fsp3) is 0.231. The second kappa shape index (κ2) is 5.46. The Kier molecular flexibility index (Phi) is 3.93. The van der Waals surface area contributed by atoms with Crippen molar-refractivity contribution in [2.45, 2.75) is 20.4 Å². The van der Waals surface area contributed by atoms with Gasteiger partial charge in [0.05, 0.1) is 0 Å². The molecule has 1 aromatic carbocycles. The van der Waals surface area contributed by atoms with Gasteiger partial charge in [-0.25, -0.2) is 9.97 Å². The van der Waals surface area contributed by atoms with Gasteiger partial charge in [0.2, 0.25) is 0 Å². The first kappa shape index (κ1) is 13.0. The fourth-order valence-corrected chi connectivity index (χ4v) is 2.05. The van der Waals surface area contributed by atoms with Crippen molar-refractivity contribution < 1.29 is 4.74 Å². The highest BCUT2D eigenvalue weighted by molar-refractivity contribution is 9.10. The van der Waals surface area contributed by atoms with Crippen LogP contribution >= 0.6 is 15.9 Å². The molecule has 2 rings (SSSR count). The molecular weight excluding hydrogens is 294 g/mol. The van der Waals surface area contributed by atoms with E-state index in [2.05, 4.69) is 25.9 Å². The molecule has 0 aliphatic carbocycles. The van der Waals surface area contributed by atoms with E-state index in [0.29, 0.717) is 18.3 Å². The number of benzene rings is 1. The molecule has 0 fully saturated rings. The average Bonchev–Trinajstić information content (AvgIpc) is 2.30. The summed E-state index contributed by atoms with van der Waals surface area (Å²) < 4.78 is 6.66. The molecule has 4 nitrogen and oxygen atoms in total. The van der Waals surface area contributed by atoms with E-state index >= 15 is 0 Å². The molecule has 18 heavy (non-hydrogen) atoms. The lowest BCUT2D eigenvalue weighted by Crippen LogP contribution is -2.02.